The minimum atomic E-state index is -0.774. The number of fused-ring (bicyclic) bond motifs is 1. The normalized spacial score (nSPS) is 11.5. The molecule has 0 fully saturated rings. The van der Waals surface area contributed by atoms with Crippen LogP contribution < -0.4 is 15.3 Å². The molecule has 0 unspecified atom stereocenters. The molecule has 1 N–H and O–H groups in total. The highest BCUT2D eigenvalue weighted by Gasteiger charge is 2.19. The number of nitrogens with zero attached hydrogens (tertiary/aromatic N) is 4. The van der Waals surface area contributed by atoms with Crippen LogP contribution in [0.1, 0.15) is 19.4 Å². The molecule has 8 nitrogen and oxygen atoms in total. The molecule has 0 aliphatic rings. The van der Waals surface area contributed by atoms with Gasteiger partial charge in [-0.05, 0) is 49.1 Å². The van der Waals surface area contributed by atoms with Gasteiger partial charge in [0.25, 0.3) is 5.56 Å². The van der Waals surface area contributed by atoms with Gasteiger partial charge in [-0.15, -0.1) is 0 Å². The van der Waals surface area contributed by atoms with Crippen LogP contribution in [0, 0.1) is 11.6 Å². The van der Waals surface area contributed by atoms with Crippen LogP contribution in [-0.2, 0) is 4.79 Å². The van der Waals surface area contributed by atoms with Gasteiger partial charge in [0.2, 0.25) is 6.41 Å². The summed E-state index contributed by atoms with van der Waals surface area (Å²) in [6.07, 6.45) is 1.96. The van der Waals surface area contributed by atoms with Gasteiger partial charge in [0.15, 0.2) is 5.84 Å². The summed E-state index contributed by atoms with van der Waals surface area (Å²) in [5, 5.41) is 15.3. The summed E-state index contributed by atoms with van der Waals surface area (Å²) in [6.45, 7) is 7.08. The van der Waals surface area contributed by atoms with Crippen LogP contribution in [0.15, 0.2) is 53.0 Å². The number of likely N-dealkylation sites (N-methyl/N-ethyl adjacent to an activating group) is 1. The second-order valence-electron chi connectivity index (χ2n) is 7.75. The molecule has 10 heteroatoms. The van der Waals surface area contributed by atoms with E-state index in [2.05, 4.69) is 11.7 Å². The Kier molecular flexibility index (Phi) is 7.65. The van der Waals surface area contributed by atoms with Crippen LogP contribution >= 0.6 is 0 Å². The van der Waals surface area contributed by atoms with Gasteiger partial charge in [0, 0.05) is 31.4 Å². The first-order chi connectivity index (χ1) is 16.7. The molecule has 0 aliphatic heterocycles. The van der Waals surface area contributed by atoms with E-state index in [9.17, 15) is 19.1 Å². The van der Waals surface area contributed by atoms with E-state index in [1.807, 2.05) is 0 Å². The number of carbonyl (C=O) groups is 1. The van der Waals surface area contributed by atoms with Crippen molar-refractivity contribution < 1.29 is 23.4 Å². The van der Waals surface area contributed by atoms with Gasteiger partial charge in [-0.2, -0.15) is 5.10 Å². The van der Waals surface area contributed by atoms with E-state index in [-0.39, 0.29) is 29.1 Å². The second-order valence-corrected chi connectivity index (χ2v) is 7.75. The van der Waals surface area contributed by atoms with Crippen LogP contribution in [0.4, 0.5) is 14.5 Å². The first-order valence-electron chi connectivity index (χ1n) is 10.7. The van der Waals surface area contributed by atoms with Gasteiger partial charge in [-0.3, -0.25) is 24.1 Å². The Morgan fingerprint density at radius 1 is 1.23 bits per heavy atom. The minimum Gasteiger partial charge on any atom is -0.497 e. The lowest BCUT2D eigenvalue weighted by molar-refractivity contribution is -0.114. The summed E-state index contributed by atoms with van der Waals surface area (Å²) >= 11 is 0. The number of hydrazone groups is 1. The van der Waals surface area contributed by atoms with Crippen LogP contribution in [0.3, 0.4) is 0 Å². The second kappa shape index (κ2) is 10.5. The maximum Gasteiger partial charge on any atom is 0.263 e. The third-order valence-corrected chi connectivity index (χ3v) is 5.51. The molecule has 0 spiro atoms. The first-order valence-corrected chi connectivity index (χ1v) is 10.7. The number of methoxy groups -OCH3 is 1. The van der Waals surface area contributed by atoms with Crippen molar-refractivity contribution in [2.75, 3.05) is 32.3 Å². The van der Waals surface area contributed by atoms with Gasteiger partial charge in [0.05, 0.1) is 23.9 Å². The number of aromatic nitrogens is 1. The van der Waals surface area contributed by atoms with Gasteiger partial charge in [-0.1, -0.05) is 6.58 Å². The van der Waals surface area contributed by atoms with Gasteiger partial charge < -0.3 is 9.84 Å². The zero-order valence-electron chi connectivity index (χ0n) is 19.9. The summed E-state index contributed by atoms with van der Waals surface area (Å²) in [4.78, 5) is 25.7. The highest BCUT2D eigenvalue weighted by atomic mass is 19.1. The number of rotatable bonds is 8. The van der Waals surface area contributed by atoms with Gasteiger partial charge in [0.1, 0.15) is 24.0 Å². The predicted octanol–water partition coefficient (Wildman–Crippen LogP) is 3.53. The van der Waals surface area contributed by atoms with Crippen LogP contribution in [-0.4, -0.2) is 54.1 Å². The molecular weight excluding hydrogens is 458 g/mol. The Hall–Kier alpha value is -4.05. The van der Waals surface area contributed by atoms with Crippen molar-refractivity contribution in [3.63, 3.8) is 0 Å². The van der Waals surface area contributed by atoms with Crippen molar-refractivity contribution in [2.45, 2.75) is 13.8 Å². The summed E-state index contributed by atoms with van der Waals surface area (Å²) in [6, 6.07) is 6.46. The number of carbonyl (C=O) groups excluding carboxylic acids is 1. The number of hydrogen-bond acceptors (Lipinski definition) is 6. The fourth-order valence-electron chi connectivity index (χ4n) is 3.64. The van der Waals surface area contributed by atoms with Gasteiger partial charge >= 0.3 is 0 Å². The lowest BCUT2D eigenvalue weighted by Crippen LogP contribution is -2.34. The number of hydrogen-bond donors (Lipinski definition) is 1. The number of anilines is 1. The van der Waals surface area contributed by atoms with Crippen molar-refractivity contribution in [1.29, 1.82) is 0 Å². The predicted molar refractivity (Wildman–Crippen MR) is 132 cm³/mol. The Morgan fingerprint density at radius 3 is 2.51 bits per heavy atom. The number of benzene rings is 2. The third-order valence-electron chi connectivity index (χ3n) is 5.51. The number of pyridine rings is 1. The standard InChI is InChI=1S/C25H26F2N4O4/c1-6-30(14-33)24(13-32)28-29(4)22-11-17-18(10-21(22)27)25(34)31(12-19(17)15(2)3)23-9-16(35-5)7-8-20(23)26/h7-12,14,32H,2,6,13H2,1,3-5H3/b28-24-. The Balaban J connectivity index is 2.27. The van der Waals surface area contributed by atoms with E-state index < -0.39 is 23.8 Å². The monoisotopic (exact) mass is 484 g/mol. The molecule has 1 amide bonds. The fourth-order valence-corrected chi connectivity index (χ4v) is 3.64. The van der Waals surface area contributed by atoms with Crippen molar-refractivity contribution in [3.05, 3.63) is 70.7 Å². The molecular formula is C25H26F2N4O4. The number of ether oxygens (including phenoxy) is 1. The summed E-state index contributed by atoms with van der Waals surface area (Å²) < 4.78 is 36.1. The molecule has 0 saturated carbocycles. The molecule has 3 rings (SSSR count). The maximum atomic E-state index is 15.2. The molecule has 0 bridgehead atoms. The highest BCUT2D eigenvalue weighted by Crippen LogP contribution is 2.30. The lowest BCUT2D eigenvalue weighted by Gasteiger charge is -2.21. The van der Waals surface area contributed by atoms with E-state index in [1.165, 1.54) is 54.5 Å². The number of halogens is 2. The summed E-state index contributed by atoms with van der Waals surface area (Å²) in [5.74, 6) is -1.06. The molecule has 1 heterocycles. The molecule has 2 aromatic carbocycles. The molecule has 0 saturated heterocycles. The molecule has 0 atom stereocenters. The smallest absolute Gasteiger partial charge is 0.263 e. The van der Waals surface area contributed by atoms with E-state index >= 15 is 4.39 Å². The van der Waals surface area contributed by atoms with E-state index in [4.69, 9.17) is 4.74 Å². The minimum absolute atomic E-state index is 0.00221. The van der Waals surface area contributed by atoms with Crippen LogP contribution in [0.2, 0.25) is 0 Å². The summed E-state index contributed by atoms with van der Waals surface area (Å²) in [7, 11) is 2.87. The third kappa shape index (κ3) is 4.92. The first kappa shape index (κ1) is 25.6. The van der Waals surface area contributed by atoms with Crippen molar-refractivity contribution in [2.24, 2.45) is 5.10 Å². The van der Waals surface area contributed by atoms with Crippen LogP contribution in [0.25, 0.3) is 22.0 Å². The van der Waals surface area contributed by atoms with E-state index in [1.54, 1.807) is 13.8 Å². The number of aliphatic hydroxyl groups is 1. The number of amides is 1. The molecule has 35 heavy (non-hydrogen) atoms. The molecule has 184 valence electrons. The SMILES string of the molecule is C=C(C)c1cn(-c2cc(OC)ccc2F)c(=O)c2cc(F)c(N(C)/N=C(/CO)N(C=O)CC)cc12. The molecule has 0 radical (unpaired) electrons. The zero-order chi connectivity index (χ0) is 25.9. The molecule has 3 aromatic rings. The average molecular weight is 485 g/mol. The number of aliphatic hydroxyl groups excluding tert-OH is 1. The maximum absolute atomic E-state index is 15.2. The van der Waals surface area contributed by atoms with E-state index in [0.29, 0.717) is 28.7 Å². The quantitative estimate of drug-likeness (QED) is 0.229. The van der Waals surface area contributed by atoms with Gasteiger partial charge in [-0.25, -0.2) is 8.78 Å². The highest BCUT2D eigenvalue weighted by molar-refractivity contribution is 5.96. The Labute approximate surface area is 201 Å². The van der Waals surface area contributed by atoms with Crippen molar-refractivity contribution in [3.8, 4) is 11.4 Å². The zero-order valence-corrected chi connectivity index (χ0v) is 19.9. The molecule has 1 aromatic heterocycles. The van der Waals surface area contributed by atoms with Crippen molar-refractivity contribution >= 4 is 34.3 Å². The lowest BCUT2D eigenvalue weighted by atomic mass is 10.0. The number of allylic oxidation sites excluding steroid dienone is 1. The number of amidine groups is 1. The molecule has 0 aliphatic carbocycles. The Bertz CT molecular complexity index is 1380. The summed E-state index contributed by atoms with van der Waals surface area (Å²) in [5.41, 5.74) is 0.363. The fraction of sp³-hybridized carbons (Fsp3) is 0.240. The Morgan fingerprint density at radius 2 is 1.94 bits per heavy atom. The van der Waals surface area contributed by atoms with E-state index in [0.717, 1.165) is 10.6 Å². The largest absolute Gasteiger partial charge is 0.497 e. The van der Waals surface area contributed by atoms with Crippen LogP contribution in [0.5, 0.6) is 5.75 Å². The topological polar surface area (TPSA) is 87.4 Å². The average Bonchev–Trinajstić information content (AvgIpc) is 2.84. The van der Waals surface area contributed by atoms with Crippen molar-refractivity contribution in [1.82, 2.24) is 9.47 Å².